The Morgan fingerprint density at radius 2 is 2.27 bits per heavy atom. The largest absolute Gasteiger partial charge is 0.316 e. The molecule has 2 rings (SSSR count). The number of hydrogen-bond acceptors (Lipinski definition) is 2. The zero-order valence-electron chi connectivity index (χ0n) is 7.18. The Balaban J connectivity index is 1.57. The molecule has 0 amide bonds. The molecule has 0 saturated carbocycles. The second kappa shape index (κ2) is 3.55. The number of nitrogens with one attached hydrogen (secondary N) is 1. The summed E-state index contributed by atoms with van der Waals surface area (Å²) in [6.45, 7) is 6.60. The fraction of sp³-hybridized carbons (Fsp3) is 1.00. The van der Waals surface area contributed by atoms with Crippen molar-refractivity contribution in [3.05, 3.63) is 0 Å². The van der Waals surface area contributed by atoms with Gasteiger partial charge < -0.3 is 10.2 Å². The van der Waals surface area contributed by atoms with Crippen molar-refractivity contribution in [3.63, 3.8) is 0 Å². The lowest BCUT2D eigenvalue weighted by Gasteiger charge is -2.31. The van der Waals surface area contributed by atoms with Crippen LogP contribution in [0.15, 0.2) is 0 Å². The minimum Gasteiger partial charge on any atom is -0.316 e. The lowest BCUT2D eigenvalue weighted by molar-refractivity contribution is 0.170. The fourth-order valence-corrected chi connectivity index (χ4v) is 1.93. The molecule has 1 N–H and O–H groups in total. The molecule has 0 radical (unpaired) electrons. The Morgan fingerprint density at radius 3 is 2.82 bits per heavy atom. The molecule has 0 aromatic heterocycles. The second-order valence-electron chi connectivity index (χ2n) is 3.84. The van der Waals surface area contributed by atoms with Gasteiger partial charge in [-0.05, 0) is 57.9 Å². The van der Waals surface area contributed by atoms with E-state index in [0.717, 1.165) is 5.92 Å². The quantitative estimate of drug-likeness (QED) is 0.643. The minimum atomic E-state index is 0.982. The Morgan fingerprint density at radius 1 is 1.36 bits per heavy atom. The van der Waals surface area contributed by atoms with Crippen LogP contribution < -0.4 is 5.32 Å². The summed E-state index contributed by atoms with van der Waals surface area (Å²) < 4.78 is 0. The van der Waals surface area contributed by atoms with Gasteiger partial charge in [0, 0.05) is 0 Å². The van der Waals surface area contributed by atoms with Gasteiger partial charge in [0.15, 0.2) is 0 Å². The molecule has 2 aliphatic rings. The summed E-state index contributed by atoms with van der Waals surface area (Å²) >= 11 is 0. The lowest BCUT2D eigenvalue weighted by Crippen LogP contribution is -2.38. The number of likely N-dealkylation sites (tertiary alicyclic amines) is 1. The van der Waals surface area contributed by atoms with Crippen LogP contribution in [0, 0.1) is 5.92 Å². The van der Waals surface area contributed by atoms with Crippen molar-refractivity contribution in [3.8, 4) is 0 Å². The zero-order valence-corrected chi connectivity index (χ0v) is 7.18. The lowest BCUT2D eigenvalue weighted by atomic mass is 10.0. The Labute approximate surface area is 69.0 Å². The van der Waals surface area contributed by atoms with Gasteiger partial charge in [-0.25, -0.2) is 0 Å². The molecule has 2 nitrogen and oxygen atoms in total. The Kier molecular flexibility index (Phi) is 2.44. The molecule has 0 aliphatic carbocycles. The highest BCUT2D eigenvalue weighted by atomic mass is 15.2. The molecule has 0 bridgehead atoms. The molecule has 1 unspecified atom stereocenters. The molecule has 2 aliphatic heterocycles. The summed E-state index contributed by atoms with van der Waals surface area (Å²) in [5.74, 6) is 0.982. The van der Waals surface area contributed by atoms with E-state index in [1.54, 1.807) is 0 Å². The highest BCUT2D eigenvalue weighted by Crippen LogP contribution is 2.15. The van der Waals surface area contributed by atoms with Gasteiger partial charge in [0.1, 0.15) is 0 Å². The Bertz CT molecular complexity index is 115. The number of hydrogen-bond donors (Lipinski definition) is 1. The zero-order chi connectivity index (χ0) is 7.52. The third-order valence-corrected chi connectivity index (χ3v) is 2.96. The highest BCUT2D eigenvalue weighted by molar-refractivity contribution is 4.75. The summed E-state index contributed by atoms with van der Waals surface area (Å²) in [6, 6.07) is 0. The molecule has 1 atom stereocenters. The number of nitrogens with zero attached hydrogens (tertiary/aromatic N) is 1. The van der Waals surface area contributed by atoms with Gasteiger partial charge in [-0.1, -0.05) is 0 Å². The average Bonchev–Trinajstić information content (AvgIpc) is 2.36. The SMILES string of the molecule is C1CN(CCC2CCNC2)C1. The van der Waals surface area contributed by atoms with Crippen LogP contribution in [0.5, 0.6) is 0 Å². The maximum Gasteiger partial charge on any atom is -0.000654 e. The summed E-state index contributed by atoms with van der Waals surface area (Å²) in [7, 11) is 0. The van der Waals surface area contributed by atoms with Gasteiger partial charge in [-0.2, -0.15) is 0 Å². The topological polar surface area (TPSA) is 15.3 Å². The van der Waals surface area contributed by atoms with Gasteiger partial charge in [0.05, 0.1) is 0 Å². The Hall–Kier alpha value is -0.0800. The van der Waals surface area contributed by atoms with Crippen molar-refractivity contribution in [1.82, 2.24) is 10.2 Å². The van der Waals surface area contributed by atoms with E-state index < -0.39 is 0 Å². The monoisotopic (exact) mass is 154 g/mol. The van der Waals surface area contributed by atoms with Crippen LogP contribution in [-0.2, 0) is 0 Å². The molecule has 2 fully saturated rings. The second-order valence-corrected chi connectivity index (χ2v) is 3.84. The highest BCUT2D eigenvalue weighted by Gasteiger charge is 2.18. The van der Waals surface area contributed by atoms with Gasteiger partial charge in [0.25, 0.3) is 0 Å². The molecule has 11 heavy (non-hydrogen) atoms. The van der Waals surface area contributed by atoms with Crippen LogP contribution >= 0.6 is 0 Å². The average molecular weight is 154 g/mol. The minimum absolute atomic E-state index is 0.982. The predicted octanol–water partition coefficient (Wildman–Crippen LogP) is 0.692. The van der Waals surface area contributed by atoms with E-state index in [1.165, 1.54) is 52.0 Å². The molecule has 0 aromatic carbocycles. The third kappa shape index (κ3) is 1.94. The van der Waals surface area contributed by atoms with E-state index in [0.29, 0.717) is 0 Å². The first-order chi connectivity index (χ1) is 5.45. The molecular weight excluding hydrogens is 136 g/mol. The van der Waals surface area contributed by atoms with E-state index in [1.807, 2.05) is 0 Å². The molecule has 64 valence electrons. The maximum absolute atomic E-state index is 3.41. The smallest absolute Gasteiger partial charge is 0.000654 e. The van der Waals surface area contributed by atoms with E-state index in [2.05, 4.69) is 10.2 Å². The van der Waals surface area contributed by atoms with Crippen LogP contribution in [-0.4, -0.2) is 37.6 Å². The van der Waals surface area contributed by atoms with Gasteiger partial charge in [-0.3, -0.25) is 0 Å². The van der Waals surface area contributed by atoms with E-state index in [4.69, 9.17) is 0 Å². The molecular formula is C9H18N2. The number of rotatable bonds is 3. The molecule has 0 spiro atoms. The van der Waals surface area contributed by atoms with Gasteiger partial charge >= 0.3 is 0 Å². The standard InChI is InChI=1S/C9H18N2/c1-5-11(6-1)7-3-9-2-4-10-8-9/h9-10H,1-8H2. The first-order valence-electron chi connectivity index (χ1n) is 4.88. The summed E-state index contributed by atoms with van der Waals surface area (Å²) in [5.41, 5.74) is 0. The maximum atomic E-state index is 3.41. The molecule has 2 saturated heterocycles. The van der Waals surface area contributed by atoms with Crippen molar-refractivity contribution in [1.29, 1.82) is 0 Å². The van der Waals surface area contributed by atoms with Crippen LogP contribution in [0.2, 0.25) is 0 Å². The van der Waals surface area contributed by atoms with E-state index >= 15 is 0 Å². The van der Waals surface area contributed by atoms with Crippen LogP contribution in [0.4, 0.5) is 0 Å². The van der Waals surface area contributed by atoms with Crippen LogP contribution in [0.25, 0.3) is 0 Å². The molecule has 2 heterocycles. The first-order valence-corrected chi connectivity index (χ1v) is 4.88. The summed E-state index contributed by atoms with van der Waals surface area (Å²) in [4.78, 5) is 2.57. The van der Waals surface area contributed by atoms with Crippen molar-refractivity contribution in [2.24, 2.45) is 5.92 Å². The van der Waals surface area contributed by atoms with Crippen molar-refractivity contribution in [2.45, 2.75) is 19.3 Å². The van der Waals surface area contributed by atoms with Crippen LogP contribution in [0.3, 0.4) is 0 Å². The van der Waals surface area contributed by atoms with Crippen molar-refractivity contribution < 1.29 is 0 Å². The third-order valence-electron chi connectivity index (χ3n) is 2.96. The first kappa shape index (κ1) is 7.56. The predicted molar refractivity (Wildman–Crippen MR) is 46.7 cm³/mol. The summed E-state index contributed by atoms with van der Waals surface area (Å²) in [6.07, 6.45) is 4.27. The van der Waals surface area contributed by atoms with Crippen molar-refractivity contribution >= 4 is 0 Å². The van der Waals surface area contributed by atoms with Gasteiger partial charge in [-0.15, -0.1) is 0 Å². The van der Waals surface area contributed by atoms with Gasteiger partial charge in [0.2, 0.25) is 0 Å². The molecule has 0 aromatic rings. The summed E-state index contributed by atoms with van der Waals surface area (Å²) in [5, 5.41) is 3.41. The fourth-order valence-electron chi connectivity index (χ4n) is 1.93. The van der Waals surface area contributed by atoms with E-state index in [-0.39, 0.29) is 0 Å². The van der Waals surface area contributed by atoms with E-state index in [9.17, 15) is 0 Å². The van der Waals surface area contributed by atoms with Crippen LogP contribution in [0.1, 0.15) is 19.3 Å². The van der Waals surface area contributed by atoms with Crippen molar-refractivity contribution in [2.75, 3.05) is 32.7 Å². The normalized spacial score (nSPS) is 32.2. The molecule has 2 heteroatoms.